The van der Waals surface area contributed by atoms with Crippen molar-refractivity contribution in [2.24, 2.45) is 0 Å². The number of hydrogen-bond donors (Lipinski definition) is 1. The molecular weight excluding hydrogens is 284 g/mol. The Labute approximate surface area is 124 Å². The number of carboxylic acids is 1. The number of carbonyl (C=O) groups excluding carboxylic acids is 2. The minimum Gasteiger partial charge on any atom is -0.478 e. The van der Waals surface area contributed by atoms with Gasteiger partial charge in [0.2, 0.25) is 0 Å². The molecule has 0 fully saturated rings. The molecule has 1 aliphatic heterocycles. The van der Waals surface area contributed by atoms with Gasteiger partial charge in [0.15, 0.2) is 0 Å². The number of amides is 2. The lowest BCUT2D eigenvalue weighted by molar-refractivity contribution is 0.0696. The van der Waals surface area contributed by atoms with E-state index in [0.717, 1.165) is 4.90 Å². The molecule has 6 nitrogen and oxygen atoms in total. The summed E-state index contributed by atoms with van der Waals surface area (Å²) in [7, 11) is 0. The third-order valence-corrected chi connectivity index (χ3v) is 3.39. The molecule has 2 aromatic carbocycles. The van der Waals surface area contributed by atoms with E-state index in [4.69, 9.17) is 10.4 Å². The van der Waals surface area contributed by atoms with E-state index in [1.165, 1.54) is 42.5 Å². The van der Waals surface area contributed by atoms with Crippen LogP contribution >= 0.6 is 0 Å². The smallest absolute Gasteiger partial charge is 0.335 e. The highest BCUT2D eigenvalue weighted by molar-refractivity contribution is 6.34. The van der Waals surface area contributed by atoms with Gasteiger partial charge >= 0.3 is 5.97 Å². The highest BCUT2D eigenvalue weighted by Gasteiger charge is 2.37. The van der Waals surface area contributed by atoms with Crippen LogP contribution in [0.5, 0.6) is 0 Å². The summed E-state index contributed by atoms with van der Waals surface area (Å²) in [6, 6.07) is 11.8. The first-order valence-corrected chi connectivity index (χ1v) is 6.29. The molecule has 6 heteroatoms. The first-order valence-electron chi connectivity index (χ1n) is 6.29. The normalized spacial score (nSPS) is 13.0. The van der Waals surface area contributed by atoms with Gasteiger partial charge in [0.05, 0.1) is 34.0 Å². The Kier molecular flexibility index (Phi) is 2.96. The number of hydrogen-bond acceptors (Lipinski definition) is 4. The number of nitrogens with zero attached hydrogens (tertiary/aromatic N) is 2. The fourth-order valence-electron chi connectivity index (χ4n) is 2.29. The Morgan fingerprint density at radius 1 is 1.00 bits per heavy atom. The monoisotopic (exact) mass is 292 g/mol. The molecule has 0 radical (unpaired) electrons. The Hall–Kier alpha value is -3.46. The Morgan fingerprint density at radius 3 is 2.23 bits per heavy atom. The highest BCUT2D eigenvalue weighted by atomic mass is 16.4. The van der Waals surface area contributed by atoms with Crippen molar-refractivity contribution in [1.82, 2.24) is 0 Å². The van der Waals surface area contributed by atoms with Crippen LogP contribution in [-0.2, 0) is 0 Å². The van der Waals surface area contributed by atoms with Crippen molar-refractivity contribution in [2.45, 2.75) is 0 Å². The van der Waals surface area contributed by atoms with Crippen molar-refractivity contribution >= 4 is 23.5 Å². The first kappa shape index (κ1) is 13.5. The Balaban J connectivity index is 2.06. The van der Waals surface area contributed by atoms with Gasteiger partial charge in [-0.1, -0.05) is 0 Å². The molecule has 2 amide bonds. The molecule has 0 aliphatic carbocycles. The zero-order valence-corrected chi connectivity index (χ0v) is 11.1. The molecule has 0 atom stereocenters. The summed E-state index contributed by atoms with van der Waals surface area (Å²) in [6.07, 6.45) is 0. The van der Waals surface area contributed by atoms with E-state index in [-0.39, 0.29) is 16.7 Å². The standard InChI is InChI=1S/C16H8N2O4/c17-8-9-1-4-11(5-2-9)18-14(19)12-6-3-10(16(21)22)7-13(12)15(18)20/h1-7H,(H,21,22). The van der Waals surface area contributed by atoms with Crippen LogP contribution in [0.2, 0.25) is 0 Å². The van der Waals surface area contributed by atoms with E-state index < -0.39 is 17.8 Å². The predicted molar refractivity (Wildman–Crippen MR) is 75.7 cm³/mol. The maximum atomic E-state index is 12.4. The number of aromatic carboxylic acids is 1. The summed E-state index contributed by atoms with van der Waals surface area (Å²) in [6.45, 7) is 0. The third-order valence-electron chi connectivity index (χ3n) is 3.39. The Morgan fingerprint density at radius 2 is 1.64 bits per heavy atom. The quantitative estimate of drug-likeness (QED) is 0.854. The molecule has 1 aliphatic rings. The number of anilines is 1. The SMILES string of the molecule is N#Cc1ccc(N2C(=O)c3ccc(C(=O)O)cc3C2=O)cc1. The molecule has 0 saturated carbocycles. The zero-order valence-electron chi connectivity index (χ0n) is 11.1. The Bertz CT molecular complexity index is 863. The summed E-state index contributed by atoms with van der Waals surface area (Å²) in [4.78, 5) is 36.7. The van der Waals surface area contributed by atoms with Gasteiger partial charge in [-0.05, 0) is 42.5 Å². The number of benzene rings is 2. The van der Waals surface area contributed by atoms with Crippen molar-refractivity contribution in [3.8, 4) is 6.07 Å². The number of imide groups is 1. The third kappa shape index (κ3) is 1.93. The van der Waals surface area contributed by atoms with Crippen LogP contribution < -0.4 is 4.90 Å². The number of rotatable bonds is 2. The molecule has 0 unspecified atom stereocenters. The van der Waals surface area contributed by atoms with E-state index in [1.54, 1.807) is 0 Å². The molecule has 0 aromatic heterocycles. The summed E-state index contributed by atoms with van der Waals surface area (Å²) in [5.74, 6) is -2.26. The van der Waals surface area contributed by atoms with Crippen LogP contribution in [0.1, 0.15) is 36.6 Å². The van der Waals surface area contributed by atoms with E-state index in [0.29, 0.717) is 11.3 Å². The number of nitriles is 1. The van der Waals surface area contributed by atoms with Gasteiger partial charge in [0.1, 0.15) is 0 Å². The van der Waals surface area contributed by atoms with E-state index in [1.807, 2.05) is 6.07 Å². The van der Waals surface area contributed by atoms with E-state index in [9.17, 15) is 14.4 Å². The molecule has 0 saturated heterocycles. The molecule has 1 heterocycles. The van der Waals surface area contributed by atoms with Crippen LogP contribution in [-0.4, -0.2) is 22.9 Å². The van der Waals surface area contributed by atoms with Crippen LogP contribution in [0.25, 0.3) is 0 Å². The fourth-order valence-corrected chi connectivity index (χ4v) is 2.29. The largest absolute Gasteiger partial charge is 0.478 e. The van der Waals surface area contributed by atoms with Crippen molar-refractivity contribution in [1.29, 1.82) is 5.26 Å². The topological polar surface area (TPSA) is 98.5 Å². The van der Waals surface area contributed by atoms with Gasteiger partial charge in [0, 0.05) is 0 Å². The van der Waals surface area contributed by atoms with Crippen LogP contribution in [0.15, 0.2) is 42.5 Å². The van der Waals surface area contributed by atoms with Crippen LogP contribution in [0.4, 0.5) is 5.69 Å². The van der Waals surface area contributed by atoms with Crippen molar-refractivity contribution in [3.05, 3.63) is 64.7 Å². The average molecular weight is 292 g/mol. The second-order valence-electron chi connectivity index (χ2n) is 4.67. The van der Waals surface area contributed by atoms with Gasteiger partial charge in [-0.25, -0.2) is 9.69 Å². The van der Waals surface area contributed by atoms with Crippen molar-refractivity contribution in [3.63, 3.8) is 0 Å². The van der Waals surface area contributed by atoms with Crippen molar-refractivity contribution < 1.29 is 19.5 Å². The van der Waals surface area contributed by atoms with Crippen molar-refractivity contribution in [2.75, 3.05) is 4.90 Å². The summed E-state index contributed by atoms with van der Waals surface area (Å²) < 4.78 is 0. The lowest BCUT2D eigenvalue weighted by Gasteiger charge is -2.13. The minimum absolute atomic E-state index is 0.0541. The van der Waals surface area contributed by atoms with Gasteiger partial charge in [-0.15, -0.1) is 0 Å². The molecule has 0 spiro atoms. The second kappa shape index (κ2) is 4.82. The number of carboxylic acid groups (broad SMARTS) is 1. The molecule has 22 heavy (non-hydrogen) atoms. The molecule has 1 N–H and O–H groups in total. The lowest BCUT2D eigenvalue weighted by atomic mass is 10.1. The van der Waals surface area contributed by atoms with Crippen LogP contribution in [0.3, 0.4) is 0 Å². The first-order chi connectivity index (χ1) is 10.5. The average Bonchev–Trinajstić information content (AvgIpc) is 2.78. The second-order valence-corrected chi connectivity index (χ2v) is 4.67. The van der Waals surface area contributed by atoms with Gasteiger partial charge in [-0.2, -0.15) is 5.26 Å². The van der Waals surface area contributed by atoms with E-state index >= 15 is 0 Å². The summed E-state index contributed by atoms with van der Waals surface area (Å²) in [5.41, 5.74) is 0.922. The minimum atomic E-state index is -1.17. The van der Waals surface area contributed by atoms with Gasteiger partial charge in [-0.3, -0.25) is 9.59 Å². The molecule has 106 valence electrons. The maximum absolute atomic E-state index is 12.4. The fraction of sp³-hybridized carbons (Fsp3) is 0. The number of fused-ring (bicyclic) bond motifs is 1. The van der Waals surface area contributed by atoms with E-state index in [2.05, 4.69) is 0 Å². The highest BCUT2D eigenvalue weighted by Crippen LogP contribution is 2.29. The molecule has 2 aromatic rings. The molecule has 3 rings (SSSR count). The zero-order chi connectivity index (χ0) is 15.9. The van der Waals surface area contributed by atoms with Gasteiger partial charge in [0.25, 0.3) is 11.8 Å². The summed E-state index contributed by atoms with van der Waals surface area (Å²) >= 11 is 0. The maximum Gasteiger partial charge on any atom is 0.335 e. The lowest BCUT2D eigenvalue weighted by Crippen LogP contribution is -2.29. The molecule has 0 bridgehead atoms. The van der Waals surface area contributed by atoms with Gasteiger partial charge < -0.3 is 5.11 Å². The summed E-state index contributed by atoms with van der Waals surface area (Å²) in [5, 5.41) is 17.7. The number of carbonyl (C=O) groups is 3. The predicted octanol–water partition coefficient (Wildman–Crippen LogP) is 2.06. The molecular formula is C16H8N2O4. The van der Waals surface area contributed by atoms with Crippen LogP contribution in [0, 0.1) is 11.3 Å².